The Hall–Kier alpha value is -8.60. The highest BCUT2D eigenvalue weighted by Crippen LogP contribution is 2.13. The summed E-state index contributed by atoms with van der Waals surface area (Å²) < 4.78 is 14.7. The molecule has 0 aliphatic heterocycles. The van der Waals surface area contributed by atoms with Crippen molar-refractivity contribution < 1.29 is 14.2 Å². The van der Waals surface area contributed by atoms with Crippen LogP contribution in [0.15, 0.2) is 237 Å². The molecule has 0 N–H and O–H groups in total. The minimum atomic E-state index is 0.910. The number of hydrogen-bond acceptors (Lipinski definition) is 3. The van der Waals surface area contributed by atoms with Crippen molar-refractivity contribution in [3.8, 4) is 66.6 Å². The smallest absolute Gasteiger partial charge is 0.118 e. The first-order chi connectivity index (χ1) is 38.4. The summed E-state index contributed by atoms with van der Waals surface area (Å²) in [5.74, 6) is 11.7. The second-order valence-corrected chi connectivity index (χ2v) is 12.7. The maximum atomic E-state index is 4.91. The van der Waals surface area contributed by atoms with Crippen molar-refractivity contribution in [3.63, 3.8) is 0 Å². The molecule has 0 spiro atoms. The summed E-state index contributed by atoms with van der Waals surface area (Å²) >= 11 is 0. The van der Waals surface area contributed by atoms with Gasteiger partial charge in [0.25, 0.3) is 0 Å². The van der Waals surface area contributed by atoms with Gasteiger partial charge in [-0.1, -0.05) is 283 Å². The highest BCUT2D eigenvalue weighted by atomic mass is 16.5. The molecular weight excluding hydrogens is 949 g/mol. The minimum absolute atomic E-state index is 0.910. The fourth-order valence-corrected chi connectivity index (χ4v) is 5.07. The van der Waals surface area contributed by atoms with Crippen molar-refractivity contribution in [2.45, 2.75) is 111 Å². The molecule has 0 aliphatic carbocycles. The van der Waals surface area contributed by atoms with Gasteiger partial charge in [-0.3, -0.25) is 0 Å². The largest absolute Gasteiger partial charge is 0.497 e. The van der Waals surface area contributed by atoms with Gasteiger partial charge in [-0.25, -0.2) is 0 Å². The van der Waals surface area contributed by atoms with E-state index in [2.05, 4.69) is 195 Å². The van der Waals surface area contributed by atoms with Gasteiger partial charge in [0.05, 0.1) is 21.3 Å². The molecule has 78 heavy (non-hydrogen) atoms. The van der Waals surface area contributed by atoms with Crippen LogP contribution >= 0.6 is 0 Å². The van der Waals surface area contributed by atoms with Gasteiger partial charge in [0.2, 0.25) is 0 Å². The number of terminal acetylenes is 4. The molecule has 0 saturated heterocycles. The van der Waals surface area contributed by atoms with E-state index in [0.29, 0.717) is 0 Å². The summed E-state index contributed by atoms with van der Waals surface area (Å²) in [4.78, 5) is 0. The fourth-order valence-electron chi connectivity index (χ4n) is 5.07. The van der Waals surface area contributed by atoms with E-state index in [0.717, 1.165) is 17.2 Å². The van der Waals surface area contributed by atoms with E-state index in [9.17, 15) is 0 Å². The van der Waals surface area contributed by atoms with Crippen LogP contribution in [-0.2, 0) is 0 Å². The molecule has 0 fully saturated rings. The van der Waals surface area contributed by atoms with Crippen LogP contribution in [0.4, 0.5) is 0 Å². The lowest BCUT2D eigenvalue weighted by Gasteiger charge is -1.93. The number of fused-ring (bicyclic) bond motifs is 3. The lowest BCUT2D eigenvalue weighted by molar-refractivity contribution is 0.414. The van der Waals surface area contributed by atoms with Crippen molar-refractivity contribution in [3.05, 3.63) is 237 Å². The van der Waals surface area contributed by atoms with Crippen LogP contribution in [0.2, 0.25) is 0 Å². The topological polar surface area (TPSA) is 27.7 Å². The van der Waals surface area contributed by atoms with E-state index in [1.807, 2.05) is 174 Å². The predicted molar refractivity (Wildman–Crippen MR) is 357 cm³/mol. The number of ether oxygens (including phenoxy) is 3. The third kappa shape index (κ3) is 52.3. The summed E-state index contributed by atoms with van der Waals surface area (Å²) in [6.45, 7) is 30.6. The first kappa shape index (κ1) is 83.4. The number of rotatable bonds is 3. The lowest BCUT2D eigenvalue weighted by Crippen LogP contribution is -1.78. The SMILES string of the molecule is C#CC.C#CC.C#CC.C#CC.CC.CC.CC.CC.CC.CC.COc1ccccc1.COc1ccccc1.COc1ccccc1.c1ccc2ccccc2c1.c1ccc2ccccc2c1.c1ccc2ccccc2c1. The van der Waals surface area contributed by atoms with Gasteiger partial charge < -0.3 is 14.2 Å². The Labute approximate surface area is 479 Å². The summed E-state index contributed by atoms with van der Waals surface area (Å²) in [6.07, 6.45) is 18.4. The average molecular weight is 1050 g/mol. The van der Waals surface area contributed by atoms with Gasteiger partial charge in [0.1, 0.15) is 17.2 Å². The summed E-state index contributed by atoms with van der Waals surface area (Å²) in [5, 5.41) is 7.86. The van der Waals surface area contributed by atoms with E-state index in [1.54, 1.807) is 49.0 Å². The number of para-hydroxylation sites is 3. The highest BCUT2D eigenvalue weighted by molar-refractivity contribution is 5.83. The molecular formula is C75H100O3. The molecule has 3 heteroatoms. The molecule has 9 aromatic rings. The van der Waals surface area contributed by atoms with Gasteiger partial charge in [-0.05, 0) is 96.4 Å². The Balaban J connectivity index is -0.000000144. The second-order valence-electron chi connectivity index (χ2n) is 12.7. The zero-order valence-electron chi connectivity index (χ0n) is 51.6. The van der Waals surface area contributed by atoms with Crippen molar-refractivity contribution in [2.24, 2.45) is 0 Å². The Morgan fingerprint density at radius 3 is 0.372 bits per heavy atom. The zero-order chi connectivity index (χ0) is 60.7. The van der Waals surface area contributed by atoms with Crippen LogP contribution in [0.5, 0.6) is 17.2 Å². The zero-order valence-corrected chi connectivity index (χ0v) is 51.6. The van der Waals surface area contributed by atoms with Crippen molar-refractivity contribution in [1.29, 1.82) is 0 Å². The van der Waals surface area contributed by atoms with Crippen molar-refractivity contribution in [1.82, 2.24) is 0 Å². The molecule has 0 amide bonds. The molecule has 0 saturated carbocycles. The van der Waals surface area contributed by atoms with Gasteiger partial charge >= 0.3 is 0 Å². The summed E-state index contributed by atoms with van der Waals surface area (Å²) in [6, 6.07) is 79.2. The minimum Gasteiger partial charge on any atom is -0.497 e. The van der Waals surface area contributed by atoms with E-state index in [-0.39, 0.29) is 0 Å². The van der Waals surface area contributed by atoms with Crippen LogP contribution in [0, 0.1) is 49.4 Å². The molecule has 9 aromatic carbocycles. The van der Waals surface area contributed by atoms with Crippen LogP contribution in [0.1, 0.15) is 111 Å². The number of hydrogen-bond donors (Lipinski definition) is 0. The first-order valence-electron chi connectivity index (χ1n) is 26.9. The van der Waals surface area contributed by atoms with E-state index >= 15 is 0 Å². The molecule has 418 valence electrons. The van der Waals surface area contributed by atoms with Crippen molar-refractivity contribution >= 4 is 32.3 Å². The third-order valence-corrected chi connectivity index (χ3v) is 7.91. The maximum absolute atomic E-state index is 4.91. The second kappa shape index (κ2) is 74.9. The molecule has 0 aromatic heterocycles. The molecule has 0 atom stereocenters. The van der Waals surface area contributed by atoms with Gasteiger partial charge in [-0.15, -0.1) is 49.4 Å². The molecule has 0 bridgehead atoms. The van der Waals surface area contributed by atoms with Gasteiger partial charge in [-0.2, -0.15) is 0 Å². The Morgan fingerprint density at radius 1 is 0.205 bits per heavy atom. The Kier molecular flexibility index (Phi) is 80.1. The van der Waals surface area contributed by atoms with Crippen LogP contribution in [0.3, 0.4) is 0 Å². The maximum Gasteiger partial charge on any atom is 0.118 e. The molecule has 9 rings (SSSR count). The number of methoxy groups -OCH3 is 3. The van der Waals surface area contributed by atoms with Gasteiger partial charge in [0, 0.05) is 0 Å². The fraction of sp³-hybridized carbons (Fsp3) is 0.253. The monoisotopic (exact) mass is 1050 g/mol. The third-order valence-electron chi connectivity index (χ3n) is 7.91. The van der Waals surface area contributed by atoms with Gasteiger partial charge in [0.15, 0.2) is 0 Å². The van der Waals surface area contributed by atoms with Crippen LogP contribution in [0.25, 0.3) is 32.3 Å². The Bertz CT molecular complexity index is 2170. The lowest BCUT2D eigenvalue weighted by atomic mass is 10.1. The van der Waals surface area contributed by atoms with Crippen LogP contribution in [-0.4, -0.2) is 21.3 Å². The molecule has 0 aliphatic rings. The molecule has 0 heterocycles. The summed E-state index contributed by atoms with van der Waals surface area (Å²) in [5.41, 5.74) is 0. The standard InChI is InChI=1S/3C10H8.3C7H8O.4C3H4.6C2H6/c3*1-2-6-10-8-4-3-7-9(10)5-1;3*1-8-7-5-3-2-4-6-7;4*1-3-2;6*1-2/h3*1-8H;3*2-6H,1H3;4*1H,2H3;6*1-2H3. The van der Waals surface area contributed by atoms with E-state index in [4.69, 9.17) is 14.2 Å². The highest BCUT2D eigenvalue weighted by Gasteiger charge is 1.88. The van der Waals surface area contributed by atoms with Crippen LogP contribution < -0.4 is 14.2 Å². The quantitative estimate of drug-likeness (QED) is 0.165. The Morgan fingerprint density at radius 2 is 0.295 bits per heavy atom. The normalized spacial score (nSPS) is 7.37. The molecule has 0 unspecified atom stereocenters. The predicted octanol–water partition coefficient (Wildman–Crippen LogP) is 22.3. The molecule has 0 radical (unpaired) electrons. The van der Waals surface area contributed by atoms with Crippen molar-refractivity contribution in [2.75, 3.05) is 21.3 Å². The number of benzene rings is 9. The van der Waals surface area contributed by atoms with E-state index < -0.39 is 0 Å². The average Bonchev–Trinajstić information content (AvgIpc) is 3.54. The first-order valence-corrected chi connectivity index (χ1v) is 26.9. The summed E-state index contributed by atoms with van der Waals surface area (Å²) in [7, 11) is 4.99. The molecule has 3 nitrogen and oxygen atoms in total. The van der Waals surface area contributed by atoms with E-state index in [1.165, 1.54) is 32.3 Å².